The van der Waals surface area contributed by atoms with Crippen LogP contribution in [0.4, 0.5) is 0 Å². The molecule has 4 nitrogen and oxygen atoms in total. The number of rotatable bonds is 12. The molecular weight excluding hydrogens is 616 g/mol. The average molecular weight is 649 g/mol. The van der Waals surface area contributed by atoms with E-state index in [0.29, 0.717) is 14.9 Å². The predicted octanol–water partition coefficient (Wildman–Crippen LogP) is 5.33. The molecule has 9 heteroatoms. The third-order valence-electron chi connectivity index (χ3n) is 7.61. The number of aliphatic hydroxyl groups is 1. The van der Waals surface area contributed by atoms with Crippen LogP contribution >= 0.6 is 46.3 Å². The molecule has 2 aromatic carbocycles. The Bertz CT molecular complexity index is 1590. The predicted molar refractivity (Wildman–Crippen MR) is 172 cm³/mol. The Labute approximate surface area is 287 Å². The number of thiophene rings is 1. The van der Waals surface area contributed by atoms with Crippen LogP contribution in [0.15, 0.2) is 60.7 Å². The van der Waals surface area contributed by atoms with Gasteiger partial charge in [0.05, 0.1) is 21.0 Å². The van der Waals surface area contributed by atoms with Gasteiger partial charge in [-0.3, -0.25) is 0 Å². The Hall–Kier alpha value is -1.35. The van der Waals surface area contributed by atoms with Gasteiger partial charge >= 0.3 is 29.6 Å². The maximum absolute atomic E-state index is 11.4. The fourth-order valence-electron chi connectivity index (χ4n) is 5.17. The number of carbonyl (C=O) groups is 1. The number of halogens is 2. The van der Waals surface area contributed by atoms with Crippen LogP contribution in [0.25, 0.3) is 22.4 Å². The van der Waals surface area contributed by atoms with Crippen molar-refractivity contribution in [2.24, 2.45) is 5.41 Å². The molecule has 1 atom stereocenters. The molecule has 1 saturated carbocycles. The molecule has 0 radical (unpaired) electrons. The van der Waals surface area contributed by atoms with E-state index < -0.39 is 11.6 Å². The third-order valence-corrected chi connectivity index (χ3v) is 11.2. The maximum atomic E-state index is 11.4. The monoisotopic (exact) mass is 647 g/mol. The molecule has 42 heavy (non-hydrogen) atoms. The van der Waals surface area contributed by atoms with Gasteiger partial charge in [0.15, 0.2) is 0 Å². The van der Waals surface area contributed by atoms with Crippen LogP contribution in [0.1, 0.15) is 72.7 Å². The average Bonchev–Trinajstić information content (AvgIpc) is 3.63. The summed E-state index contributed by atoms with van der Waals surface area (Å²) in [6.45, 7) is 3.64. The fourth-order valence-corrected chi connectivity index (χ4v) is 8.16. The summed E-state index contributed by atoms with van der Waals surface area (Å²) < 4.78 is 1.50. The van der Waals surface area contributed by atoms with Crippen molar-refractivity contribution in [2.75, 3.05) is 5.75 Å². The SMILES string of the molecule is CC(C)(O)c1ccccc1CC[C@@H](SCC1(CC(=O)[O-])CC1)c1cccc(C=Cc2ccc3sc(Cl)c(Cl)c3n2)c1.[Na+]. The number of thioether (sulfide) groups is 1. The molecule has 0 aliphatic heterocycles. The van der Waals surface area contributed by atoms with Crippen molar-refractivity contribution in [2.45, 2.75) is 56.8 Å². The van der Waals surface area contributed by atoms with Gasteiger partial charge in [-0.15, -0.1) is 11.3 Å². The molecule has 2 heterocycles. The summed E-state index contributed by atoms with van der Waals surface area (Å²) in [5.74, 6) is -0.184. The van der Waals surface area contributed by atoms with Crippen molar-refractivity contribution in [3.8, 4) is 0 Å². The molecule has 214 valence electrons. The molecule has 5 rings (SSSR count). The van der Waals surface area contributed by atoms with Gasteiger partial charge in [0.25, 0.3) is 0 Å². The summed E-state index contributed by atoms with van der Waals surface area (Å²) in [5.41, 5.74) is 4.75. The van der Waals surface area contributed by atoms with E-state index in [4.69, 9.17) is 23.2 Å². The minimum Gasteiger partial charge on any atom is -0.550 e. The first-order valence-corrected chi connectivity index (χ1v) is 16.3. The third kappa shape index (κ3) is 8.42. The van der Waals surface area contributed by atoms with Crippen molar-refractivity contribution < 1.29 is 44.6 Å². The standard InChI is InChI=1S/C33H33Cl2NO3S2.Na/c1-32(2,39)25-9-4-3-7-22(25)11-14-26(40-20-33(16-17-33)19-28(37)38)23-8-5-6-21(18-23)10-12-24-13-15-27-30(36-24)29(34)31(35)41-27;/h3-10,12-13,15,18,26,39H,11,14,16-17,19-20H2,1-2H3,(H,37,38);/q;+1/p-1/t26-;/m1./s1. The molecule has 1 fully saturated rings. The van der Waals surface area contributed by atoms with Crippen molar-refractivity contribution in [3.05, 3.63) is 98.0 Å². The molecule has 0 spiro atoms. The van der Waals surface area contributed by atoms with Crippen LogP contribution in [0.3, 0.4) is 0 Å². The number of aryl methyl sites for hydroxylation is 1. The van der Waals surface area contributed by atoms with E-state index in [1.807, 2.05) is 68.1 Å². The summed E-state index contributed by atoms with van der Waals surface area (Å²) in [6.07, 6.45) is 7.67. The van der Waals surface area contributed by atoms with E-state index >= 15 is 0 Å². The quantitative estimate of drug-likeness (QED) is 0.210. The molecule has 0 unspecified atom stereocenters. The molecule has 1 aliphatic carbocycles. The van der Waals surface area contributed by atoms with E-state index in [0.717, 1.165) is 58.5 Å². The van der Waals surface area contributed by atoms with Gasteiger partial charge in [-0.1, -0.05) is 77.8 Å². The Balaban J connectivity index is 0.00000405. The van der Waals surface area contributed by atoms with Crippen molar-refractivity contribution in [3.63, 3.8) is 0 Å². The maximum Gasteiger partial charge on any atom is 1.00 e. The zero-order valence-electron chi connectivity index (χ0n) is 24.0. The number of hydrogen-bond donors (Lipinski definition) is 1. The number of carboxylic acids is 1. The Morgan fingerprint density at radius 1 is 1.14 bits per heavy atom. The minimum atomic E-state index is -0.969. The first-order valence-electron chi connectivity index (χ1n) is 13.7. The van der Waals surface area contributed by atoms with E-state index in [2.05, 4.69) is 35.3 Å². The second-order valence-electron chi connectivity index (χ2n) is 11.4. The van der Waals surface area contributed by atoms with E-state index in [-0.39, 0.29) is 46.6 Å². The summed E-state index contributed by atoms with van der Waals surface area (Å²) >= 11 is 15.8. The van der Waals surface area contributed by atoms with Crippen molar-refractivity contribution >= 4 is 74.6 Å². The number of aromatic nitrogens is 1. The summed E-state index contributed by atoms with van der Waals surface area (Å²) in [4.78, 5) is 16.0. The second-order valence-corrected chi connectivity index (χ2v) is 14.6. The summed E-state index contributed by atoms with van der Waals surface area (Å²) in [6, 6.07) is 20.5. The van der Waals surface area contributed by atoms with E-state index in [1.165, 1.54) is 16.9 Å². The molecule has 1 N–H and O–H groups in total. The van der Waals surface area contributed by atoms with Crippen LogP contribution in [0.2, 0.25) is 9.36 Å². The van der Waals surface area contributed by atoms with Crippen LogP contribution in [0, 0.1) is 5.41 Å². The van der Waals surface area contributed by atoms with Gasteiger partial charge in [0, 0.05) is 11.2 Å². The number of pyridine rings is 1. The number of aliphatic carboxylic acids is 1. The zero-order chi connectivity index (χ0) is 29.2. The molecule has 2 aromatic heterocycles. The number of nitrogens with zero attached hydrogens (tertiary/aromatic N) is 1. The number of hydrogen-bond acceptors (Lipinski definition) is 6. The van der Waals surface area contributed by atoms with Crippen LogP contribution in [0.5, 0.6) is 0 Å². The Morgan fingerprint density at radius 3 is 2.62 bits per heavy atom. The van der Waals surface area contributed by atoms with Gasteiger partial charge in [0.2, 0.25) is 0 Å². The molecular formula is C33H32Cl2NNaO3S2. The molecule has 0 saturated heterocycles. The number of carbonyl (C=O) groups excluding carboxylic acids is 1. The minimum absolute atomic E-state index is 0. The molecule has 4 aromatic rings. The number of fused-ring (bicyclic) bond motifs is 1. The van der Waals surface area contributed by atoms with Crippen LogP contribution < -0.4 is 34.7 Å². The first kappa shape index (κ1) is 33.5. The summed E-state index contributed by atoms with van der Waals surface area (Å²) in [5, 5.41) is 22.7. The van der Waals surface area contributed by atoms with Crippen LogP contribution in [-0.2, 0) is 16.8 Å². The van der Waals surface area contributed by atoms with Crippen LogP contribution in [-0.4, -0.2) is 21.8 Å². The van der Waals surface area contributed by atoms with Crippen molar-refractivity contribution in [1.29, 1.82) is 0 Å². The van der Waals surface area contributed by atoms with Crippen molar-refractivity contribution in [1.82, 2.24) is 4.98 Å². The van der Waals surface area contributed by atoms with E-state index in [1.54, 1.807) is 0 Å². The molecule has 0 bridgehead atoms. The molecule has 1 aliphatic rings. The van der Waals surface area contributed by atoms with Gasteiger partial charge in [-0.05, 0) is 97.6 Å². The first-order chi connectivity index (χ1) is 19.5. The summed E-state index contributed by atoms with van der Waals surface area (Å²) in [7, 11) is 0. The molecule has 0 amide bonds. The van der Waals surface area contributed by atoms with Gasteiger partial charge in [-0.25, -0.2) is 4.98 Å². The second kappa shape index (κ2) is 14.2. The van der Waals surface area contributed by atoms with Gasteiger partial charge in [0.1, 0.15) is 9.85 Å². The topological polar surface area (TPSA) is 73.2 Å². The Kier molecular flexibility index (Phi) is 11.3. The largest absolute Gasteiger partial charge is 1.00 e. The van der Waals surface area contributed by atoms with E-state index in [9.17, 15) is 15.0 Å². The normalized spacial score (nSPS) is 15.1. The van der Waals surface area contributed by atoms with Gasteiger partial charge in [-0.2, -0.15) is 11.8 Å². The smallest absolute Gasteiger partial charge is 0.550 e. The number of carboxylic acid groups (broad SMARTS) is 1. The zero-order valence-corrected chi connectivity index (χ0v) is 29.2. The Morgan fingerprint density at radius 2 is 1.90 bits per heavy atom. The number of benzene rings is 2. The van der Waals surface area contributed by atoms with Gasteiger partial charge < -0.3 is 15.0 Å². The fraction of sp³-hybridized carbons (Fsp3) is 0.333.